The van der Waals surface area contributed by atoms with Crippen molar-refractivity contribution in [3.8, 4) is 0 Å². The van der Waals surface area contributed by atoms with Crippen LogP contribution in [-0.4, -0.2) is 22.8 Å². The first-order chi connectivity index (χ1) is 9.77. The number of carbonyl (C=O) groups is 1. The number of carboxylic acids is 1. The van der Waals surface area contributed by atoms with Crippen molar-refractivity contribution in [2.75, 3.05) is 6.61 Å². The smallest absolute Gasteiger partial charge is 0.304 e. The lowest BCUT2D eigenvalue weighted by atomic mass is 9.63. The predicted molar refractivity (Wildman–Crippen MR) is 86.2 cm³/mol. The van der Waals surface area contributed by atoms with Crippen LogP contribution < -0.4 is 0 Å². The molecule has 0 aromatic heterocycles. The summed E-state index contributed by atoms with van der Waals surface area (Å²) >= 11 is 0. The van der Waals surface area contributed by atoms with Gasteiger partial charge in [0, 0.05) is 5.41 Å². The molecule has 122 valence electrons. The molecule has 0 saturated carbocycles. The molecule has 3 nitrogen and oxygen atoms in total. The van der Waals surface area contributed by atoms with Gasteiger partial charge in [0.25, 0.3) is 0 Å². The number of allylic oxidation sites excluding steroid dienone is 1. The van der Waals surface area contributed by atoms with E-state index in [9.17, 15) is 15.0 Å². The second-order valence-electron chi connectivity index (χ2n) is 7.36. The molecule has 0 fully saturated rings. The minimum atomic E-state index is -0.737. The van der Waals surface area contributed by atoms with Crippen molar-refractivity contribution in [2.45, 2.75) is 72.6 Å². The third kappa shape index (κ3) is 4.57. The van der Waals surface area contributed by atoms with E-state index in [2.05, 4.69) is 33.8 Å². The number of hydrogen-bond acceptors (Lipinski definition) is 2. The fraction of sp³-hybridized carbons (Fsp3) is 0.833. The molecule has 2 N–H and O–H groups in total. The highest BCUT2D eigenvalue weighted by Crippen LogP contribution is 2.47. The van der Waals surface area contributed by atoms with Gasteiger partial charge < -0.3 is 10.2 Å². The zero-order chi connectivity index (χ0) is 16.1. The molecule has 0 aromatic carbocycles. The zero-order valence-corrected chi connectivity index (χ0v) is 14.1. The first-order valence-corrected chi connectivity index (χ1v) is 8.32. The lowest BCUT2D eigenvalue weighted by Crippen LogP contribution is -2.34. The number of unbranched alkanes of at least 4 members (excludes halogenated alkanes) is 2. The van der Waals surface area contributed by atoms with Crippen LogP contribution in [0.1, 0.15) is 72.6 Å². The minimum Gasteiger partial charge on any atom is -0.481 e. The van der Waals surface area contributed by atoms with E-state index >= 15 is 0 Å². The molecule has 3 atom stereocenters. The van der Waals surface area contributed by atoms with Gasteiger partial charge in [-0.05, 0) is 30.6 Å². The molecule has 0 radical (unpaired) electrons. The fourth-order valence-corrected chi connectivity index (χ4v) is 3.45. The summed E-state index contributed by atoms with van der Waals surface area (Å²) in [6.45, 7) is 8.66. The number of carboxylic acid groups (broad SMARTS) is 1. The SMILES string of the molecule is CCCCCC(C)(CO)C1=CC(C)(CC(=O)O)[C@H](C)CC1. The normalized spacial score (nSPS) is 28.8. The van der Waals surface area contributed by atoms with E-state index in [4.69, 9.17) is 0 Å². The average molecular weight is 296 g/mol. The summed E-state index contributed by atoms with van der Waals surface area (Å²) in [7, 11) is 0. The lowest BCUT2D eigenvalue weighted by Gasteiger charge is -2.42. The van der Waals surface area contributed by atoms with E-state index < -0.39 is 5.97 Å². The summed E-state index contributed by atoms with van der Waals surface area (Å²) in [6.07, 6.45) is 8.82. The Morgan fingerprint density at radius 2 is 2.14 bits per heavy atom. The molecule has 0 aromatic rings. The first-order valence-electron chi connectivity index (χ1n) is 8.32. The fourth-order valence-electron chi connectivity index (χ4n) is 3.45. The maximum absolute atomic E-state index is 11.2. The van der Waals surface area contributed by atoms with Gasteiger partial charge >= 0.3 is 5.97 Å². The van der Waals surface area contributed by atoms with Crippen LogP contribution in [0.5, 0.6) is 0 Å². The van der Waals surface area contributed by atoms with Crippen molar-refractivity contribution in [1.29, 1.82) is 0 Å². The first kappa shape index (κ1) is 18.2. The molecule has 2 unspecified atom stereocenters. The second kappa shape index (κ2) is 7.44. The Morgan fingerprint density at radius 1 is 1.48 bits per heavy atom. The molecule has 1 aliphatic rings. The monoisotopic (exact) mass is 296 g/mol. The summed E-state index contributed by atoms with van der Waals surface area (Å²) in [6, 6.07) is 0. The maximum Gasteiger partial charge on any atom is 0.304 e. The van der Waals surface area contributed by atoms with Gasteiger partial charge in [0.2, 0.25) is 0 Å². The number of aliphatic hydroxyl groups is 1. The van der Waals surface area contributed by atoms with Crippen molar-refractivity contribution < 1.29 is 15.0 Å². The van der Waals surface area contributed by atoms with Gasteiger partial charge in [0.05, 0.1) is 13.0 Å². The molecule has 0 heterocycles. The highest BCUT2D eigenvalue weighted by atomic mass is 16.4. The van der Waals surface area contributed by atoms with Crippen LogP contribution in [0.25, 0.3) is 0 Å². The van der Waals surface area contributed by atoms with Crippen molar-refractivity contribution in [2.24, 2.45) is 16.7 Å². The van der Waals surface area contributed by atoms with Gasteiger partial charge in [-0.1, -0.05) is 58.6 Å². The quantitative estimate of drug-likeness (QED) is 0.515. The Labute approximate surface area is 129 Å². The third-order valence-electron chi connectivity index (χ3n) is 5.46. The summed E-state index contributed by atoms with van der Waals surface area (Å²) in [5.74, 6) is -0.366. The molecule has 0 amide bonds. The highest BCUT2D eigenvalue weighted by molar-refractivity contribution is 5.68. The Kier molecular flexibility index (Phi) is 6.45. The Balaban J connectivity index is 2.97. The topological polar surface area (TPSA) is 57.5 Å². The van der Waals surface area contributed by atoms with E-state index in [1.165, 1.54) is 18.4 Å². The van der Waals surface area contributed by atoms with E-state index in [-0.39, 0.29) is 23.9 Å². The van der Waals surface area contributed by atoms with Crippen LogP contribution in [0.15, 0.2) is 11.6 Å². The van der Waals surface area contributed by atoms with Gasteiger partial charge in [-0.3, -0.25) is 4.79 Å². The number of aliphatic carboxylic acids is 1. The molecule has 21 heavy (non-hydrogen) atoms. The van der Waals surface area contributed by atoms with Crippen LogP contribution in [0.4, 0.5) is 0 Å². The highest BCUT2D eigenvalue weighted by Gasteiger charge is 2.39. The van der Waals surface area contributed by atoms with Gasteiger partial charge in [-0.2, -0.15) is 0 Å². The molecule has 1 aliphatic carbocycles. The summed E-state index contributed by atoms with van der Waals surface area (Å²) in [4.78, 5) is 11.2. The Morgan fingerprint density at radius 3 is 2.67 bits per heavy atom. The Bertz CT molecular complexity index is 388. The lowest BCUT2D eigenvalue weighted by molar-refractivity contribution is -0.139. The maximum atomic E-state index is 11.2. The van der Waals surface area contributed by atoms with E-state index in [0.717, 1.165) is 25.7 Å². The third-order valence-corrected chi connectivity index (χ3v) is 5.46. The van der Waals surface area contributed by atoms with Crippen LogP contribution in [0, 0.1) is 16.7 Å². The molecular formula is C18H32O3. The van der Waals surface area contributed by atoms with Crippen molar-refractivity contribution in [3.05, 3.63) is 11.6 Å². The number of hydrogen-bond donors (Lipinski definition) is 2. The molecule has 1 rings (SSSR count). The van der Waals surface area contributed by atoms with Crippen molar-refractivity contribution >= 4 is 5.97 Å². The molecule has 0 aliphatic heterocycles. The van der Waals surface area contributed by atoms with Gasteiger partial charge in [-0.15, -0.1) is 0 Å². The molecule has 0 bridgehead atoms. The summed E-state index contributed by atoms with van der Waals surface area (Å²) in [5.41, 5.74) is 0.790. The van der Waals surface area contributed by atoms with Crippen molar-refractivity contribution in [1.82, 2.24) is 0 Å². The van der Waals surface area contributed by atoms with Crippen molar-refractivity contribution in [3.63, 3.8) is 0 Å². The van der Waals surface area contributed by atoms with Crippen LogP contribution in [0.2, 0.25) is 0 Å². The van der Waals surface area contributed by atoms with E-state index in [1.807, 2.05) is 0 Å². The average Bonchev–Trinajstić information content (AvgIpc) is 2.41. The number of aliphatic hydroxyl groups excluding tert-OH is 1. The molecule has 3 heteroatoms. The zero-order valence-electron chi connectivity index (χ0n) is 14.1. The molecular weight excluding hydrogens is 264 g/mol. The van der Waals surface area contributed by atoms with E-state index in [0.29, 0.717) is 5.92 Å². The summed E-state index contributed by atoms with van der Waals surface area (Å²) in [5, 5.41) is 19.1. The molecule has 0 saturated heterocycles. The van der Waals surface area contributed by atoms with E-state index in [1.54, 1.807) is 0 Å². The minimum absolute atomic E-state index is 0.153. The van der Waals surface area contributed by atoms with Gasteiger partial charge in [0.15, 0.2) is 0 Å². The van der Waals surface area contributed by atoms with Gasteiger partial charge in [-0.25, -0.2) is 0 Å². The van der Waals surface area contributed by atoms with Crippen LogP contribution in [0.3, 0.4) is 0 Å². The standard InChI is InChI=1S/C18H32O3/c1-5-6-7-10-17(3,13-19)15-9-8-14(2)18(4,11-15)12-16(20)21/h11,14,19H,5-10,12-13H2,1-4H3,(H,20,21)/t14-,17?,18?/m1/s1. The number of rotatable bonds is 8. The van der Waals surface area contributed by atoms with Crippen LogP contribution in [-0.2, 0) is 4.79 Å². The summed E-state index contributed by atoms with van der Waals surface area (Å²) < 4.78 is 0. The molecule has 0 spiro atoms. The second-order valence-corrected chi connectivity index (χ2v) is 7.36. The van der Waals surface area contributed by atoms with Gasteiger partial charge in [0.1, 0.15) is 0 Å². The predicted octanol–water partition coefficient (Wildman–Crippen LogP) is 4.40. The largest absolute Gasteiger partial charge is 0.481 e. The van der Waals surface area contributed by atoms with Crippen LogP contribution >= 0.6 is 0 Å². The Hall–Kier alpha value is -0.830.